The van der Waals surface area contributed by atoms with Crippen molar-refractivity contribution in [3.8, 4) is 0 Å². The van der Waals surface area contributed by atoms with Crippen molar-refractivity contribution in [1.29, 1.82) is 0 Å². The maximum Gasteiger partial charge on any atom is 0.276 e. The minimum Gasteiger partial charge on any atom is -0.347 e. The highest BCUT2D eigenvalue weighted by Gasteiger charge is 2.29. The van der Waals surface area contributed by atoms with Crippen LogP contribution in [0, 0.1) is 13.8 Å². The van der Waals surface area contributed by atoms with Gasteiger partial charge in [0.2, 0.25) is 0 Å². The molecule has 1 fully saturated rings. The Morgan fingerprint density at radius 2 is 1.89 bits per heavy atom. The third kappa shape index (κ3) is 4.89. The minimum absolute atomic E-state index is 0.134. The number of halogens is 1. The molecule has 0 atom stereocenters. The Balaban J connectivity index is 1.18. The van der Waals surface area contributed by atoms with Gasteiger partial charge in [-0.1, -0.05) is 23.7 Å². The Morgan fingerprint density at radius 1 is 1.14 bits per heavy atom. The fraction of sp³-hybridized carbons (Fsp3) is 0.333. The van der Waals surface area contributed by atoms with Crippen LogP contribution in [-0.2, 0) is 6.54 Å². The Bertz CT molecular complexity index is 1390. The van der Waals surface area contributed by atoms with E-state index >= 15 is 0 Å². The van der Waals surface area contributed by atoms with Crippen LogP contribution in [-0.4, -0.2) is 54.6 Å². The van der Waals surface area contributed by atoms with Crippen LogP contribution in [0.25, 0.3) is 5.65 Å². The number of fused-ring (bicyclic) bond motifs is 1. The van der Waals surface area contributed by atoms with E-state index in [-0.39, 0.29) is 17.7 Å². The van der Waals surface area contributed by atoms with Gasteiger partial charge in [-0.3, -0.25) is 9.59 Å². The van der Waals surface area contributed by atoms with Gasteiger partial charge >= 0.3 is 0 Å². The molecule has 5 rings (SSSR count). The number of piperidine rings is 1. The molecule has 1 N–H and O–H groups in total. The van der Waals surface area contributed by atoms with Gasteiger partial charge in [-0.15, -0.1) is 21.5 Å². The van der Waals surface area contributed by atoms with Crippen molar-refractivity contribution >= 4 is 40.4 Å². The normalized spacial score (nSPS) is 14.4. The third-order valence-electron chi connectivity index (χ3n) is 6.18. The first-order chi connectivity index (χ1) is 16.9. The second-order valence-corrected chi connectivity index (χ2v) is 9.96. The van der Waals surface area contributed by atoms with Crippen molar-refractivity contribution in [2.45, 2.75) is 39.2 Å². The number of aryl methyl sites for hydroxylation is 2. The minimum atomic E-state index is -0.201. The number of rotatable bonds is 5. The molecular weight excluding hydrogens is 486 g/mol. The van der Waals surface area contributed by atoms with Crippen LogP contribution < -0.4 is 5.32 Å². The number of nitrogens with one attached hydrogen (secondary N) is 1. The van der Waals surface area contributed by atoms with Gasteiger partial charge in [0, 0.05) is 42.0 Å². The van der Waals surface area contributed by atoms with Crippen LogP contribution in [0.5, 0.6) is 0 Å². The topological polar surface area (TPSA) is 105 Å². The van der Waals surface area contributed by atoms with E-state index in [0.29, 0.717) is 47.4 Å². The van der Waals surface area contributed by atoms with Gasteiger partial charge < -0.3 is 10.2 Å². The van der Waals surface area contributed by atoms with Crippen LogP contribution in [0.4, 0.5) is 0 Å². The lowest BCUT2D eigenvalue weighted by Crippen LogP contribution is -2.39. The molecule has 3 aromatic heterocycles. The first kappa shape index (κ1) is 23.4. The number of aromatic nitrogens is 5. The van der Waals surface area contributed by atoms with Crippen molar-refractivity contribution < 1.29 is 9.59 Å². The third-order valence-corrected chi connectivity index (χ3v) is 7.44. The first-order valence-corrected chi connectivity index (χ1v) is 12.6. The van der Waals surface area contributed by atoms with Gasteiger partial charge in [-0.2, -0.15) is 5.10 Å². The van der Waals surface area contributed by atoms with Crippen molar-refractivity contribution in [3.05, 3.63) is 74.1 Å². The number of thiazole rings is 1. The molecule has 0 spiro atoms. The van der Waals surface area contributed by atoms with Crippen molar-refractivity contribution in [2.75, 3.05) is 13.1 Å². The number of nitrogens with zero attached hydrogens (tertiary/aromatic N) is 6. The molecule has 0 aliphatic carbocycles. The van der Waals surface area contributed by atoms with Crippen LogP contribution in [0.2, 0.25) is 5.02 Å². The zero-order valence-corrected chi connectivity index (χ0v) is 20.9. The predicted molar refractivity (Wildman–Crippen MR) is 133 cm³/mol. The Hall–Kier alpha value is -3.37. The van der Waals surface area contributed by atoms with Crippen molar-refractivity contribution in [3.63, 3.8) is 0 Å². The lowest BCUT2D eigenvalue weighted by Gasteiger charge is -2.31. The zero-order valence-electron chi connectivity index (χ0n) is 19.4. The largest absolute Gasteiger partial charge is 0.347 e. The van der Waals surface area contributed by atoms with E-state index < -0.39 is 0 Å². The van der Waals surface area contributed by atoms with E-state index in [1.165, 1.54) is 11.3 Å². The SMILES string of the molecule is Cc1cc2nnc(C(=O)N3CCC(c4nc(C(=O)NCc5ccc(Cl)cc5)cs4)CC3)c(C)n2n1. The zero-order chi connectivity index (χ0) is 24.5. The first-order valence-electron chi connectivity index (χ1n) is 11.4. The highest BCUT2D eigenvalue weighted by Crippen LogP contribution is 2.31. The predicted octanol–water partition coefficient (Wildman–Crippen LogP) is 3.80. The molecule has 180 valence electrons. The van der Waals surface area contributed by atoms with Gasteiger partial charge in [0.1, 0.15) is 5.69 Å². The highest BCUT2D eigenvalue weighted by atomic mass is 35.5. The molecule has 0 bridgehead atoms. The van der Waals surface area contributed by atoms with Crippen molar-refractivity contribution in [1.82, 2.24) is 35.0 Å². The summed E-state index contributed by atoms with van der Waals surface area (Å²) in [4.78, 5) is 32.1. The van der Waals surface area contributed by atoms with Gasteiger partial charge in [-0.05, 0) is 44.4 Å². The second kappa shape index (κ2) is 9.71. The Kier molecular flexibility index (Phi) is 6.48. The number of hydrogen-bond donors (Lipinski definition) is 1. The van der Waals surface area contributed by atoms with Gasteiger partial charge in [0.15, 0.2) is 11.3 Å². The average molecular weight is 510 g/mol. The summed E-state index contributed by atoms with van der Waals surface area (Å²) < 4.78 is 1.66. The lowest BCUT2D eigenvalue weighted by atomic mass is 9.97. The molecule has 4 heterocycles. The standard InChI is InChI=1S/C24H24ClN7O2S/c1-14-11-20-28-29-21(15(2)32(20)30-14)24(34)31-9-7-17(8-10-31)23-27-19(13-35-23)22(33)26-12-16-3-5-18(25)6-4-16/h3-6,11,13,17H,7-10,12H2,1-2H3,(H,26,33). The molecule has 0 radical (unpaired) electrons. The summed E-state index contributed by atoms with van der Waals surface area (Å²) in [5.41, 5.74) is 3.86. The quantitative estimate of drug-likeness (QED) is 0.438. The molecular formula is C24H24ClN7O2S. The number of amides is 2. The molecule has 0 unspecified atom stereocenters. The molecule has 9 nitrogen and oxygen atoms in total. The van der Waals surface area contributed by atoms with Crippen LogP contribution >= 0.6 is 22.9 Å². The highest BCUT2D eigenvalue weighted by molar-refractivity contribution is 7.09. The molecule has 2 amide bonds. The summed E-state index contributed by atoms with van der Waals surface area (Å²) in [7, 11) is 0. The number of hydrogen-bond acceptors (Lipinski definition) is 7. The number of carbonyl (C=O) groups excluding carboxylic acids is 2. The van der Waals surface area contributed by atoms with Crippen LogP contribution in [0.15, 0.2) is 35.7 Å². The van der Waals surface area contributed by atoms with E-state index in [1.54, 1.807) is 22.0 Å². The molecule has 0 saturated carbocycles. The lowest BCUT2D eigenvalue weighted by molar-refractivity contribution is 0.0704. The Labute approximate surface area is 211 Å². The monoisotopic (exact) mass is 509 g/mol. The number of benzene rings is 1. The molecule has 4 aromatic rings. The molecule has 1 aromatic carbocycles. The Morgan fingerprint density at radius 3 is 2.63 bits per heavy atom. The van der Waals surface area contributed by atoms with E-state index in [2.05, 4.69) is 25.6 Å². The summed E-state index contributed by atoms with van der Waals surface area (Å²) in [5, 5.41) is 19.0. The fourth-order valence-electron chi connectivity index (χ4n) is 4.21. The smallest absolute Gasteiger partial charge is 0.276 e. The average Bonchev–Trinajstić information content (AvgIpc) is 3.51. The summed E-state index contributed by atoms with van der Waals surface area (Å²) >= 11 is 7.40. The molecule has 1 aliphatic heterocycles. The number of carbonyl (C=O) groups is 2. The number of likely N-dealkylation sites (tertiary alicyclic amines) is 1. The van der Waals surface area contributed by atoms with E-state index in [4.69, 9.17) is 11.6 Å². The van der Waals surface area contributed by atoms with Crippen molar-refractivity contribution in [2.24, 2.45) is 0 Å². The maximum atomic E-state index is 13.1. The van der Waals surface area contributed by atoms with Gasteiger partial charge in [-0.25, -0.2) is 9.50 Å². The molecule has 1 aliphatic rings. The summed E-state index contributed by atoms with van der Waals surface area (Å²) in [6.07, 6.45) is 1.56. The summed E-state index contributed by atoms with van der Waals surface area (Å²) in [6, 6.07) is 9.19. The van der Waals surface area contributed by atoms with E-state index in [9.17, 15) is 9.59 Å². The summed E-state index contributed by atoms with van der Waals surface area (Å²) in [5.74, 6) is -0.122. The summed E-state index contributed by atoms with van der Waals surface area (Å²) in [6.45, 7) is 5.32. The van der Waals surface area contributed by atoms with Gasteiger partial charge in [0.05, 0.1) is 16.4 Å². The van der Waals surface area contributed by atoms with Gasteiger partial charge in [0.25, 0.3) is 11.8 Å². The van der Waals surface area contributed by atoms with Crippen LogP contribution in [0.3, 0.4) is 0 Å². The maximum absolute atomic E-state index is 13.1. The molecule has 1 saturated heterocycles. The molecule has 11 heteroatoms. The van der Waals surface area contributed by atoms with Crippen LogP contribution in [0.1, 0.15) is 61.7 Å². The van der Waals surface area contributed by atoms with E-state index in [0.717, 1.165) is 29.1 Å². The fourth-order valence-corrected chi connectivity index (χ4v) is 5.31. The second-order valence-electron chi connectivity index (χ2n) is 8.64. The molecule has 35 heavy (non-hydrogen) atoms. The van der Waals surface area contributed by atoms with E-state index in [1.807, 2.05) is 36.9 Å².